The average Bonchev–Trinajstić information content (AvgIpc) is 2.57. The van der Waals surface area contributed by atoms with Gasteiger partial charge >= 0.3 is 23.1 Å². The summed E-state index contributed by atoms with van der Waals surface area (Å²) < 4.78 is 0. The summed E-state index contributed by atoms with van der Waals surface area (Å²) >= 11 is 0. The van der Waals surface area contributed by atoms with Gasteiger partial charge in [-0.15, -0.1) is 5.56 Å². The van der Waals surface area contributed by atoms with Crippen molar-refractivity contribution in [1.82, 2.24) is 4.90 Å². The maximum absolute atomic E-state index is 3.37. The number of benzene rings is 3. The zero-order chi connectivity index (χ0) is 15.9. The van der Waals surface area contributed by atoms with E-state index in [1.54, 1.807) is 0 Å². The van der Waals surface area contributed by atoms with Crippen LogP contribution >= 0.6 is 0 Å². The molecular weight excluding hydrogens is 382 g/mol. The van der Waals surface area contributed by atoms with Gasteiger partial charge in [0.05, 0.1) is 0 Å². The van der Waals surface area contributed by atoms with Crippen LogP contribution in [0.4, 0.5) is 0 Å². The van der Waals surface area contributed by atoms with Gasteiger partial charge in [-0.05, 0) is 11.1 Å². The molecule has 3 aromatic carbocycles. The molecule has 0 bridgehead atoms. The first kappa shape index (κ1) is 21.9. The summed E-state index contributed by atoms with van der Waals surface area (Å²) in [5, 5.41) is 0. The van der Waals surface area contributed by atoms with Crippen LogP contribution in [0.1, 0.15) is 22.3 Å². The molecule has 0 N–H and O–H groups in total. The molecule has 3 heteroatoms. The fourth-order valence-corrected chi connectivity index (χ4v) is 2.83. The number of nitrogens with zero attached hydrogens (tertiary/aromatic N) is 1. The fourth-order valence-electron chi connectivity index (χ4n) is 2.83. The van der Waals surface area contributed by atoms with E-state index in [1.165, 1.54) is 22.3 Å². The van der Waals surface area contributed by atoms with Gasteiger partial charge in [0.2, 0.25) is 0 Å². The average molecular weight is 405 g/mol. The van der Waals surface area contributed by atoms with E-state index in [0.717, 1.165) is 19.6 Å². The first-order chi connectivity index (χ1) is 11.3. The number of hydrogen-bond acceptors (Lipinski definition) is 1. The molecule has 0 aliphatic carbocycles. The molecule has 124 valence electrons. The summed E-state index contributed by atoms with van der Waals surface area (Å²) in [4.78, 5) is 2.47. The van der Waals surface area contributed by atoms with E-state index in [-0.39, 0.29) is 40.0 Å². The van der Waals surface area contributed by atoms with Crippen LogP contribution in [0.2, 0.25) is 0 Å². The van der Waals surface area contributed by atoms with Crippen molar-refractivity contribution in [3.63, 3.8) is 0 Å². The Morgan fingerprint density at radius 1 is 0.760 bits per heavy atom. The summed E-state index contributed by atoms with van der Waals surface area (Å²) in [6.45, 7) is 4.93. The van der Waals surface area contributed by atoms with Gasteiger partial charge in [0.15, 0.2) is 0 Å². The van der Waals surface area contributed by atoms with E-state index in [9.17, 15) is 0 Å². The normalized spacial score (nSPS) is 10.0. The van der Waals surface area contributed by atoms with Crippen molar-refractivity contribution in [2.24, 2.45) is 0 Å². The number of rotatable bonds is 6. The Balaban J connectivity index is 0.00000156. The van der Waals surface area contributed by atoms with Crippen molar-refractivity contribution in [3.05, 3.63) is 107 Å². The summed E-state index contributed by atoms with van der Waals surface area (Å²) in [6.07, 6.45) is 0. The number of hydrogen-bond donors (Lipinski definition) is 0. The maximum atomic E-state index is 3.37. The zero-order valence-corrected chi connectivity index (χ0v) is 17.7. The Hall–Kier alpha value is -1.13. The van der Waals surface area contributed by atoms with Crippen molar-refractivity contribution in [3.8, 4) is 0 Å². The van der Waals surface area contributed by atoms with Crippen molar-refractivity contribution in [2.75, 3.05) is 0 Å². The van der Waals surface area contributed by atoms with Crippen molar-refractivity contribution in [1.29, 1.82) is 0 Å². The molecule has 0 aliphatic rings. The first-order valence-electron chi connectivity index (χ1n) is 8.07. The Morgan fingerprint density at radius 2 is 1.28 bits per heavy atom. The molecular formula is C22H22BrMgN. The minimum Gasteiger partial charge on any atom is -1.00 e. The van der Waals surface area contributed by atoms with Gasteiger partial charge in [-0.25, -0.2) is 0 Å². The predicted octanol–water partition coefficient (Wildman–Crippen LogP) is 1.62. The topological polar surface area (TPSA) is 3.24 Å². The Morgan fingerprint density at radius 3 is 1.76 bits per heavy atom. The van der Waals surface area contributed by atoms with Gasteiger partial charge in [-0.2, -0.15) is 29.8 Å². The van der Waals surface area contributed by atoms with Gasteiger partial charge in [-0.3, -0.25) is 4.90 Å². The van der Waals surface area contributed by atoms with E-state index in [0.29, 0.717) is 0 Å². The van der Waals surface area contributed by atoms with Crippen molar-refractivity contribution in [2.45, 2.75) is 26.6 Å². The fraction of sp³-hybridized carbons (Fsp3) is 0.182. The molecule has 0 amide bonds. The third-order valence-corrected chi connectivity index (χ3v) is 3.91. The summed E-state index contributed by atoms with van der Waals surface area (Å²) in [6, 6.07) is 31.0. The maximum Gasteiger partial charge on any atom is 2.00 e. The van der Waals surface area contributed by atoms with E-state index >= 15 is 0 Å². The SMILES string of the molecule is Cc1cc[c-]c(CN(Cc2ccccc2)Cc2ccccc2)c1.[Br-].[Mg+2]. The second-order valence-electron chi connectivity index (χ2n) is 6.01. The van der Waals surface area contributed by atoms with Crippen LogP contribution < -0.4 is 17.0 Å². The summed E-state index contributed by atoms with van der Waals surface area (Å²) in [5.74, 6) is 0. The largest absolute Gasteiger partial charge is 2.00 e. The van der Waals surface area contributed by atoms with Gasteiger partial charge in [0.1, 0.15) is 0 Å². The molecule has 0 atom stereocenters. The van der Waals surface area contributed by atoms with Crippen LogP contribution in [0, 0.1) is 13.0 Å². The van der Waals surface area contributed by atoms with Crippen LogP contribution in [-0.4, -0.2) is 28.0 Å². The van der Waals surface area contributed by atoms with Crippen LogP contribution in [0.3, 0.4) is 0 Å². The second kappa shape index (κ2) is 11.5. The summed E-state index contributed by atoms with van der Waals surface area (Å²) in [7, 11) is 0. The molecule has 1 nitrogen and oxygen atoms in total. The van der Waals surface area contributed by atoms with Gasteiger partial charge in [0.25, 0.3) is 0 Å². The van der Waals surface area contributed by atoms with Crippen LogP contribution in [-0.2, 0) is 19.6 Å². The minimum absolute atomic E-state index is 0. The monoisotopic (exact) mass is 403 g/mol. The Labute approximate surface area is 178 Å². The van der Waals surface area contributed by atoms with Crippen LogP contribution in [0.5, 0.6) is 0 Å². The van der Waals surface area contributed by atoms with Crippen molar-refractivity contribution >= 4 is 23.1 Å². The predicted molar refractivity (Wildman–Crippen MR) is 102 cm³/mol. The third kappa shape index (κ3) is 7.33. The summed E-state index contributed by atoms with van der Waals surface area (Å²) in [5.41, 5.74) is 5.22. The molecule has 0 aliphatic heterocycles. The second-order valence-corrected chi connectivity index (χ2v) is 6.01. The van der Waals surface area contributed by atoms with Crippen molar-refractivity contribution < 1.29 is 17.0 Å². The molecule has 25 heavy (non-hydrogen) atoms. The van der Waals surface area contributed by atoms with Gasteiger partial charge in [-0.1, -0.05) is 67.6 Å². The van der Waals surface area contributed by atoms with E-state index in [2.05, 4.69) is 90.7 Å². The molecule has 3 aromatic rings. The Kier molecular flexibility index (Phi) is 10.1. The molecule has 0 fully saturated rings. The van der Waals surface area contributed by atoms with E-state index in [4.69, 9.17) is 0 Å². The number of halogens is 1. The van der Waals surface area contributed by atoms with Gasteiger partial charge < -0.3 is 17.0 Å². The third-order valence-electron chi connectivity index (χ3n) is 3.91. The Bertz CT molecular complexity index is 690. The molecule has 0 radical (unpaired) electrons. The molecule has 0 unspecified atom stereocenters. The van der Waals surface area contributed by atoms with Crippen LogP contribution in [0.15, 0.2) is 78.9 Å². The van der Waals surface area contributed by atoms with Gasteiger partial charge in [0, 0.05) is 19.6 Å². The zero-order valence-electron chi connectivity index (χ0n) is 14.7. The van der Waals surface area contributed by atoms with E-state index in [1.807, 2.05) is 6.07 Å². The molecule has 0 aromatic heterocycles. The first-order valence-corrected chi connectivity index (χ1v) is 8.07. The van der Waals surface area contributed by atoms with Crippen LogP contribution in [0.25, 0.3) is 0 Å². The minimum atomic E-state index is 0. The smallest absolute Gasteiger partial charge is 1.00 e. The van der Waals surface area contributed by atoms with E-state index < -0.39 is 0 Å². The standard InChI is InChI=1S/C22H22N.BrH.Mg/c1-19-9-8-14-22(15-19)18-23(16-20-10-4-2-5-11-20)17-21-12-6-3-7-13-21;;/h2-13,15H,16-18H2,1H3;1H;/q-1;;+2/p-1. The molecule has 0 saturated carbocycles. The molecule has 0 saturated heterocycles. The number of aryl methyl sites for hydroxylation is 1. The molecule has 3 rings (SSSR count). The quantitative estimate of drug-likeness (QED) is 0.446. The molecule has 0 heterocycles. The molecule has 0 spiro atoms.